The van der Waals surface area contributed by atoms with Crippen LogP contribution in [-0.2, 0) is 5.54 Å². The van der Waals surface area contributed by atoms with Crippen LogP contribution < -0.4 is 5.73 Å². The summed E-state index contributed by atoms with van der Waals surface area (Å²) < 4.78 is 13.6. The monoisotopic (exact) mass is 299 g/mol. The van der Waals surface area contributed by atoms with Gasteiger partial charge < -0.3 is 5.73 Å². The lowest BCUT2D eigenvalue weighted by Crippen LogP contribution is -2.38. The van der Waals surface area contributed by atoms with Crippen LogP contribution in [0.4, 0.5) is 4.39 Å². The first-order valence-electron chi connectivity index (χ1n) is 8.02. The fourth-order valence-electron chi connectivity index (χ4n) is 2.88. The Morgan fingerprint density at radius 2 is 2.18 bits per heavy atom. The van der Waals surface area contributed by atoms with Crippen LogP contribution in [0.3, 0.4) is 0 Å². The molecular formula is C20H26FN. The van der Waals surface area contributed by atoms with Crippen LogP contribution in [-0.4, -0.2) is 0 Å². The molecule has 1 nitrogen and oxygen atoms in total. The maximum Gasteiger partial charge on any atom is 0.126 e. The number of hydrogen-bond acceptors (Lipinski definition) is 1. The molecule has 0 spiro atoms. The number of allylic oxidation sites excluding steroid dienone is 3. The highest BCUT2D eigenvalue weighted by Gasteiger charge is 2.33. The minimum atomic E-state index is -0.595. The van der Waals surface area contributed by atoms with E-state index in [9.17, 15) is 4.39 Å². The van der Waals surface area contributed by atoms with Crippen molar-refractivity contribution in [3.63, 3.8) is 0 Å². The van der Waals surface area contributed by atoms with Crippen molar-refractivity contribution in [2.45, 2.75) is 45.1 Å². The maximum absolute atomic E-state index is 13.6. The van der Waals surface area contributed by atoms with Crippen molar-refractivity contribution >= 4 is 0 Å². The zero-order valence-electron chi connectivity index (χ0n) is 13.6. The number of hydrogen-bond donors (Lipinski definition) is 1. The van der Waals surface area contributed by atoms with Crippen LogP contribution >= 0.6 is 0 Å². The topological polar surface area (TPSA) is 26.0 Å². The Hall–Kier alpha value is -1.67. The maximum atomic E-state index is 13.6. The third-order valence-electron chi connectivity index (χ3n) is 4.48. The highest BCUT2D eigenvalue weighted by Crippen LogP contribution is 2.40. The van der Waals surface area contributed by atoms with E-state index in [0.29, 0.717) is 5.56 Å². The van der Waals surface area contributed by atoms with Gasteiger partial charge in [-0.2, -0.15) is 0 Å². The fourth-order valence-corrected chi connectivity index (χ4v) is 2.88. The predicted octanol–water partition coefficient (Wildman–Crippen LogP) is 5.17. The molecule has 2 rings (SSSR count). The smallest absolute Gasteiger partial charge is 0.126 e. The summed E-state index contributed by atoms with van der Waals surface area (Å²) in [5.41, 5.74) is 8.88. The van der Waals surface area contributed by atoms with Crippen molar-refractivity contribution in [3.05, 3.63) is 71.6 Å². The molecule has 2 N–H and O–H groups in total. The van der Waals surface area contributed by atoms with Gasteiger partial charge in [-0.25, -0.2) is 4.39 Å². The fraction of sp³-hybridized carbons (Fsp3) is 0.400. The normalized spacial score (nSPS) is 18.5. The highest BCUT2D eigenvalue weighted by atomic mass is 19.1. The van der Waals surface area contributed by atoms with Crippen molar-refractivity contribution in [3.8, 4) is 0 Å². The van der Waals surface area contributed by atoms with Gasteiger partial charge in [0.2, 0.25) is 0 Å². The Morgan fingerprint density at radius 1 is 1.45 bits per heavy atom. The van der Waals surface area contributed by atoms with E-state index in [0.717, 1.165) is 29.9 Å². The molecular weight excluding hydrogens is 273 g/mol. The molecule has 22 heavy (non-hydrogen) atoms. The molecule has 2 heteroatoms. The van der Waals surface area contributed by atoms with Crippen LogP contribution in [0.15, 0.2) is 54.7 Å². The first-order chi connectivity index (χ1) is 10.5. The van der Waals surface area contributed by atoms with Gasteiger partial charge in [0, 0.05) is 0 Å². The third kappa shape index (κ3) is 3.75. The highest BCUT2D eigenvalue weighted by molar-refractivity contribution is 5.43. The minimum Gasteiger partial charge on any atom is -0.318 e. The molecule has 1 aromatic carbocycles. The molecule has 118 valence electrons. The molecule has 0 saturated heterocycles. The van der Waals surface area contributed by atoms with Crippen LogP contribution in [0.5, 0.6) is 0 Å². The second kappa shape index (κ2) is 7.06. The summed E-state index contributed by atoms with van der Waals surface area (Å²) in [7, 11) is 0. The van der Waals surface area contributed by atoms with E-state index in [1.165, 1.54) is 18.9 Å². The van der Waals surface area contributed by atoms with Gasteiger partial charge in [0.05, 0.1) is 5.54 Å². The Bertz CT molecular complexity index is 596. The Labute approximate surface area is 133 Å². The number of halogens is 1. The predicted molar refractivity (Wildman–Crippen MR) is 92.1 cm³/mol. The van der Waals surface area contributed by atoms with Gasteiger partial charge in [0.25, 0.3) is 0 Å². The van der Waals surface area contributed by atoms with Crippen LogP contribution in [0.1, 0.15) is 43.7 Å². The summed E-state index contributed by atoms with van der Waals surface area (Å²) in [4.78, 5) is 0. The molecule has 0 amide bonds. The first-order valence-corrected chi connectivity index (χ1v) is 8.02. The van der Waals surface area contributed by atoms with Gasteiger partial charge in [-0.15, -0.1) is 0 Å². The van der Waals surface area contributed by atoms with Crippen LogP contribution in [0.25, 0.3) is 0 Å². The van der Waals surface area contributed by atoms with E-state index in [1.54, 1.807) is 13.0 Å². The molecule has 1 atom stereocenters. The average Bonchev–Trinajstić information content (AvgIpc) is 3.31. The average molecular weight is 299 g/mol. The summed E-state index contributed by atoms with van der Waals surface area (Å²) in [5.74, 6) is 0.619. The number of aryl methyl sites for hydroxylation is 1. The molecule has 0 aromatic heterocycles. The Balaban J connectivity index is 2.43. The molecule has 1 aliphatic carbocycles. The van der Waals surface area contributed by atoms with E-state index in [2.05, 4.69) is 6.58 Å². The lowest BCUT2D eigenvalue weighted by molar-refractivity contribution is 0.453. The molecule has 1 saturated carbocycles. The third-order valence-corrected chi connectivity index (χ3v) is 4.48. The van der Waals surface area contributed by atoms with Crippen molar-refractivity contribution in [2.75, 3.05) is 0 Å². The summed E-state index contributed by atoms with van der Waals surface area (Å²) in [6.07, 6.45) is 12.4. The summed E-state index contributed by atoms with van der Waals surface area (Å²) in [6, 6.07) is 5.21. The second-order valence-corrected chi connectivity index (χ2v) is 6.28. The van der Waals surface area contributed by atoms with Crippen molar-refractivity contribution in [1.82, 2.24) is 0 Å². The van der Waals surface area contributed by atoms with Gasteiger partial charge in [0.15, 0.2) is 0 Å². The van der Waals surface area contributed by atoms with Gasteiger partial charge in [-0.3, -0.25) is 0 Å². The van der Waals surface area contributed by atoms with Crippen molar-refractivity contribution in [2.24, 2.45) is 11.7 Å². The van der Waals surface area contributed by atoms with Gasteiger partial charge in [-0.05, 0) is 55.4 Å². The zero-order chi connectivity index (χ0) is 16.2. The number of benzene rings is 1. The number of rotatable bonds is 7. The largest absolute Gasteiger partial charge is 0.318 e. The molecule has 0 bridgehead atoms. The minimum absolute atomic E-state index is 0.187. The summed E-state index contributed by atoms with van der Waals surface area (Å²) >= 11 is 0. The SMILES string of the molecule is C=C/C=C(\C=C/C)C(N)(CCC1CC1)c1ccc(F)c(C)c1. The van der Waals surface area contributed by atoms with Gasteiger partial charge >= 0.3 is 0 Å². The van der Waals surface area contributed by atoms with Crippen molar-refractivity contribution < 1.29 is 4.39 Å². The lowest BCUT2D eigenvalue weighted by Gasteiger charge is -2.32. The molecule has 0 aliphatic heterocycles. The van der Waals surface area contributed by atoms with E-state index in [4.69, 9.17) is 5.73 Å². The van der Waals surface area contributed by atoms with E-state index < -0.39 is 5.54 Å². The standard InChI is InChI=1S/C20H26FN/c1-4-6-17(7-5-2)20(22,13-12-16-8-9-16)18-10-11-19(21)15(3)14-18/h4-7,10-11,14,16H,1,8-9,12-13,22H2,2-3H3/b7-5-,17-6+. The quantitative estimate of drug-likeness (QED) is 0.691. The Kier molecular flexibility index (Phi) is 5.36. The zero-order valence-corrected chi connectivity index (χ0v) is 13.6. The molecule has 0 radical (unpaired) electrons. The summed E-state index contributed by atoms with van der Waals surface area (Å²) in [6.45, 7) is 7.57. The molecule has 1 aliphatic rings. The van der Waals surface area contributed by atoms with Crippen LogP contribution in [0.2, 0.25) is 0 Å². The molecule has 1 aromatic rings. The lowest BCUT2D eigenvalue weighted by atomic mass is 9.78. The van der Waals surface area contributed by atoms with Crippen molar-refractivity contribution in [1.29, 1.82) is 0 Å². The second-order valence-electron chi connectivity index (χ2n) is 6.28. The molecule has 0 heterocycles. The summed E-state index contributed by atoms with van der Waals surface area (Å²) in [5, 5.41) is 0. The van der Waals surface area contributed by atoms with E-state index >= 15 is 0 Å². The van der Waals surface area contributed by atoms with Crippen LogP contribution in [0, 0.1) is 18.7 Å². The van der Waals surface area contributed by atoms with Gasteiger partial charge in [0.1, 0.15) is 5.82 Å². The van der Waals surface area contributed by atoms with E-state index in [-0.39, 0.29) is 5.82 Å². The van der Waals surface area contributed by atoms with Gasteiger partial charge in [-0.1, -0.05) is 55.9 Å². The Morgan fingerprint density at radius 3 is 2.73 bits per heavy atom. The molecule has 1 unspecified atom stereocenters. The molecule has 1 fully saturated rings. The number of nitrogens with two attached hydrogens (primary N) is 1. The van der Waals surface area contributed by atoms with E-state index in [1.807, 2.05) is 37.3 Å². The first kappa shape index (κ1) is 16.7.